The SMILES string of the molecule is N#Cc1cc(NC(=O)c2nc(N)n[nH]2)ccc1F. The monoisotopic (exact) mass is 246 g/mol. The summed E-state index contributed by atoms with van der Waals surface area (Å²) >= 11 is 0. The molecule has 2 aromatic rings. The number of nitrogens with one attached hydrogen (secondary N) is 2. The maximum atomic E-state index is 13.1. The van der Waals surface area contributed by atoms with Gasteiger partial charge in [0.1, 0.15) is 11.9 Å². The van der Waals surface area contributed by atoms with Crippen molar-refractivity contribution in [3.63, 3.8) is 0 Å². The molecule has 0 unspecified atom stereocenters. The number of amides is 1. The smallest absolute Gasteiger partial charge is 0.293 e. The first-order valence-electron chi connectivity index (χ1n) is 4.79. The van der Waals surface area contributed by atoms with Crippen LogP contribution in [0.15, 0.2) is 18.2 Å². The molecule has 4 N–H and O–H groups in total. The van der Waals surface area contributed by atoms with Crippen molar-refractivity contribution in [2.24, 2.45) is 0 Å². The second kappa shape index (κ2) is 4.50. The Hall–Kier alpha value is -2.95. The van der Waals surface area contributed by atoms with Crippen LogP contribution in [0.2, 0.25) is 0 Å². The highest BCUT2D eigenvalue weighted by atomic mass is 19.1. The summed E-state index contributed by atoms with van der Waals surface area (Å²) in [7, 11) is 0. The Morgan fingerprint density at radius 3 is 2.94 bits per heavy atom. The molecule has 0 aliphatic carbocycles. The van der Waals surface area contributed by atoms with Gasteiger partial charge in [0.15, 0.2) is 0 Å². The molecule has 0 aliphatic heterocycles. The van der Waals surface area contributed by atoms with Crippen LogP contribution >= 0.6 is 0 Å². The van der Waals surface area contributed by atoms with Crippen molar-refractivity contribution >= 4 is 17.5 Å². The summed E-state index contributed by atoms with van der Waals surface area (Å²) in [5.41, 5.74) is 5.36. The number of H-pyrrole nitrogens is 1. The minimum absolute atomic E-state index is 0.0584. The Labute approximate surface area is 100 Å². The number of hydrogen-bond donors (Lipinski definition) is 3. The van der Waals surface area contributed by atoms with Crippen LogP contribution in [0.5, 0.6) is 0 Å². The predicted octanol–water partition coefficient (Wildman–Crippen LogP) is 0.650. The minimum atomic E-state index is -0.653. The average molecular weight is 246 g/mol. The summed E-state index contributed by atoms with van der Waals surface area (Å²) in [5, 5.41) is 16.9. The maximum Gasteiger partial charge on any atom is 0.293 e. The maximum absolute atomic E-state index is 13.1. The number of anilines is 2. The Morgan fingerprint density at radius 2 is 2.33 bits per heavy atom. The van der Waals surface area contributed by atoms with Crippen molar-refractivity contribution in [2.75, 3.05) is 11.1 Å². The molecule has 0 spiro atoms. The van der Waals surface area contributed by atoms with Gasteiger partial charge in [-0.05, 0) is 18.2 Å². The van der Waals surface area contributed by atoms with E-state index in [0.29, 0.717) is 0 Å². The normalized spacial score (nSPS) is 9.78. The van der Waals surface area contributed by atoms with E-state index in [9.17, 15) is 9.18 Å². The van der Waals surface area contributed by atoms with E-state index in [4.69, 9.17) is 11.0 Å². The molecular weight excluding hydrogens is 239 g/mol. The van der Waals surface area contributed by atoms with Crippen LogP contribution in [0.1, 0.15) is 16.2 Å². The van der Waals surface area contributed by atoms with Gasteiger partial charge in [-0.15, -0.1) is 5.10 Å². The van der Waals surface area contributed by atoms with Crippen LogP contribution < -0.4 is 11.1 Å². The first-order chi connectivity index (χ1) is 8.60. The summed E-state index contributed by atoms with van der Waals surface area (Å²) < 4.78 is 13.1. The van der Waals surface area contributed by atoms with Gasteiger partial charge in [-0.3, -0.25) is 9.89 Å². The number of nitrogens with zero attached hydrogens (tertiary/aromatic N) is 3. The van der Waals surface area contributed by atoms with Crippen molar-refractivity contribution in [3.8, 4) is 6.07 Å². The van der Waals surface area contributed by atoms with Gasteiger partial charge < -0.3 is 11.1 Å². The summed E-state index contributed by atoms with van der Waals surface area (Å²) in [6.07, 6.45) is 0. The molecule has 90 valence electrons. The lowest BCUT2D eigenvalue weighted by Crippen LogP contribution is -2.14. The minimum Gasteiger partial charge on any atom is -0.366 e. The Bertz CT molecular complexity index is 644. The number of rotatable bonds is 2. The molecule has 0 fully saturated rings. The first kappa shape index (κ1) is 11.5. The van der Waals surface area contributed by atoms with E-state index in [-0.39, 0.29) is 23.0 Å². The largest absolute Gasteiger partial charge is 0.366 e. The molecule has 0 saturated carbocycles. The fourth-order valence-corrected chi connectivity index (χ4v) is 1.26. The summed E-state index contributed by atoms with van der Waals surface area (Å²) in [6.45, 7) is 0. The number of nitrogen functional groups attached to an aromatic ring is 1. The number of carbonyl (C=O) groups is 1. The Kier molecular flexibility index (Phi) is 2.89. The third-order valence-corrected chi connectivity index (χ3v) is 2.06. The molecule has 7 nitrogen and oxygen atoms in total. The molecule has 0 bridgehead atoms. The molecule has 18 heavy (non-hydrogen) atoms. The molecule has 0 atom stereocenters. The second-order valence-corrected chi connectivity index (χ2v) is 3.30. The quantitative estimate of drug-likeness (QED) is 0.718. The zero-order valence-electron chi connectivity index (χ0n) is 8.94. The molecule has 0 radical (unpaired) electrons. The van der Waals surface area contributed by atoms with Crippen LogP contribution in [0.4, 0.5) is 16.0 Å². The Morgan fingerprint density at radius 1 is 1.56 bits per heavy atom. The van der Waals surface area contributed by atoms with Gasteiger partial charge in [0, 0.05) is 5.69 Å². The average Bonchev–Trinajstić information content (AvgIpc) is 2.78. The molecule has 0 aliphatic rings. The lowest BCUT2D eigenvalue weighted by atomic mass is 10.2. The number of nitrogens with two attached hydrogens (primary N) is 1. The van der Waals surface area contributed by atoms with Gasteiger partial charge in [-0.2, -0.15) is 10.2 Å². The van der Waals surface area contributed by atoms with Crippen molar-refractivity contribution < 1.29 is 9.18 Å². The topological polar surface area (TPSA) is 120 Å². The summed E-state index contributed by atoms with van der Waals surface area (Å²) in [5.74, 6) is -1.37. The van der Waals surface area contributed by atoms with E-state index in [2.05, 4.69) is 20.5 Å². The zero-order chi connectivity index (χ0) is 13.1. The second-order valence-electron chi connectivity index (χ2n) is 3.30. The van der Waals surface area contributed by atoms with Crippen LogP contribution in [0.25, 0.3) is 0 Å². The highest BCUT2D eigenvalue weighted by Gasteiger charge is 2.12. The number of halogens is 1. The highest BCUT2D eigenvalue weighted by Crippen LogP contribution is 2.14. The number of hydrogen-bond acceptors (Lipinski definition) is 5. The third-order valence-electron chi connectivity index (χ3n) is 2.06. The first-order valence-corrected chi connectivity index (χ1v) is 4.79. The summed E-state index contributed by atoms with van der Waals surface area (Å²) in [6, 6.07) is 5.30. The van der Waals surface area contributed by atoms with Crippen molar-refractivity contribution in [1.29, 1.82) is 5.26 Å². The van der Waals surface area contributed by atoms with E-state index in [0.717, 1.165) is 6.07 Å². The lowest BCUT2D eigenvalue weighted by Gasteiger charge is -2.03. The summed E-state index contributed by atoms with van der Waals surface area (Å²) in [4.78, 5) is 15.3. The van der Waals surface area contributed by atoms with E-state index < -0.39 is 11.7 Å². The van der Waals surface area contributed by atoms with Gasteiger partial charge >= 0.3 is 0 Å². The van der Waals surface area contributed by atoms with Crippen LogP contribution in [-0.2, 0) is 0 Å². The molecule has 0 saturated heterocycles. The van der Waals surface area contributed by atoms with Gasteiger partial charge in [-0.1, -0.05) is 0 Å². The van der Waals surface area contributed by atoms with Crippen molar-refractivity contribution in [3.05, 3.63) is 35.4 Å². The van der Waals surface area contributed by atoms with Gasteiger partial charge in [0.05, 0.1) is 5.56 Å². The third kappa shape index (κ3) is 2.25. The van der Waals surface area contributed by atoms with Crippen LogP contribution in [0, 0.1) is 17.1 Å². The predicted molar refractivity (Wildman–Crippen MR) is 59.9 cm³/mol. The van der Waals surface area contributed by atoms with Crippen LogP contribution in [-0.4, -0.2) is 21.1 Å². The van der Waals surface area contributed by atoms with E-state index in [1.54, 1.807) is 6.07 Å². The highest BCUT2D eigenvalue weighted by molar-refractivity contribution is 6.01. The number of carbonyl (C=O) groups excluding carboxylic acids is 1. The Balaban J connectivity index is 2.20. The number of aromatic nitrogens is 3. The molecule has 1 aromatic carbocycles. The number of benzene rings is 1. The fraction of sp³-hybridized carbons (Fsp3) is 0. The standard InChI is InChI=1S/C10H7FN6O/c11-7-2-1-6(3-5(7)4-12)14-9(18)8-15-10(13)17-16-8/h1-3H,(H,14,18)(H3,13,15,16,17). The van der Waals surface area contributed by atoms with Crippen molar-refractivity contribution in [1.82, 2.24) is 15.2 Å². The van der Waals surface area contributed by atoms with Crippen molar-refractivity contribution in [2.45, 2.75) is 0 Å². The molecule has 1 amide bonds. The van der Waals surface area contributed by atoms with Gasteiger partial charge in [0.25, 0.3) is 5.91 Å². The van der Waals surface area contributed by atoms with E-state index in [1.165, 1.54) is 12.1 Å². The zero-order valence-corrected chi connectivity index (χ0v) is 8.94. The van der Waals surface area contributed by atoms with Gasteiger partial charge in [0.2, 0.25) is 11.8 Å². The fourth-order valence-electron chi connectivity index (χ4n) is 1.26. The number of nitriles is 1. The van der Waals surface area contributed by atoms with Gasteiger partial charge in [-0.25, -0.2) is 4.39 Å². The van der Waals surface area contributed by atoms with Crippen LogP contribution in [0.3, 0.4) is 0 Å². The van der Waals surface area contributed by atoms with E-state index in [1.807, 2.05) is 0 Å². The molecule has 8 heteroatoms. The molecule has 2 rings (SSSR count). The lowest BCUT2D eigenvalue weighted by molar-refractivity contribution is 0.101. The molecule has 1 heterocycles. The number of aromatic amines is 1. The molecule has 1 aromatic heterocycles. The molecular formula is C10H7FN6O. The van der Waals surface area contributed by atoms with E-state index >= 15 is 0 Å².